The van der Waals surface area contributed by atoms with Crippen LogP contribution in [0.15, 0.2) is 24.3 Å². The molecule has 0 N–H and O–H groups in total. The molecule has 1 aromatic carbocycles. The molecule has 0 radical (unpaired) electrons. The number of Topliss-reactive ketones (excluding diaryl/α,β-unsaturated/α-hetero) is 1. The Kier molecular flexibility index (Phi) is 5.13. The van der Waals surface area contributed by atoms with Crippen LogP contribution in [0.1, 0.15) is 51.7 Å². The first kappa shape index (κ1) is 14.9. The fourth-order valence-electron chi connectivity index (χ4n) is 2.51. The number of ketones is 1. The molecule has 0 aliphatic carbocycles. The molecule has 0 fully saturated rings. The summed E-state index contributed by atoms with van der Waals surface area (Å²) in [6, 6.07) is 8.26. The molecule has 0 spiro atoms. The molecule has 0 aliphatic heterocycles. The van der Waals surface area contributed by atoms with E-state index in [0.717, 1.165) is 12.0 Å². The fraction of sp³-hybridized carbons (Fsp3) is 0.588. The SMILES string of the molecule is Cc1ccc(CC(=O)CC(C)CC(C)(C)C)cc1. The van der Waals surface area contributed by atoms with E-state index >= 15 is 0 Å². The lowest BCUT2D eigenvalue weighted by molar-refractivity contribution is -0.119. The molecule has 0 heterocycles. The van der Waals surface area contributed by atoms with Crippen LogP contribution >= 0.6 is 0 Å². The van der Waals surface area contributed by atoms with Crippen molar-refractivity contribution >= 4 is 5.78 Å². The predicted octanol–water partition coefficient (Wildman–Crippen LogP) is 4.57. The van der Waals surface area contributed by atoms with Crippen LogP contribution in [0.3, 0.4) is 0 Å². The molecule has 1 atom stereocenters. The number of carbonyl (C=O) groups excluding carboxylic acids is 1. The molecule has 1 rings (SSSR count). The van der Waals surface area contributed by atoms with E-state index in [1.54, 1.807) is 0 Å². The standard InChI is InChI=1S/C17H26O/c1-13-6-8-15(9-7-13)11-16(18)10-14(2)12-17(3,4)5/h6-9,14H,10-12H2,1-5H3. The Labute approximate surface area is 112 Å². The fourth-order valence-corrected chi connectivity index (χ4v) is 2.51. The van der Waals surface area contributed by atoms with Gasteiger partial charge in [0.25, 0.3) is 0 Å². The van der Waals surface area contributed by atoms with Gasteiger partial charge in [0.05, 0.1) is 0 Å². The smallest absolute Gasteiger partial charge is 0.137 e. The van der Waals surface area contributed by atoms with Crippen molar-refractivity contribution in [1.82, 2.24) is 0 Å². The van der Waals surface area contributed by atoms with E-state index in [9.17, 15) is 4.79 Å². The maximum absolute atomic E-state index is 12.0. The maximum atomic E-state index is 12.0. The summed E-state index contributed by atoms with van der Waals surface area (Å²) in [5, 5.41) is 0. The van der Waals surface area contributed by atoms with Gasteiger partial charge in [-0.2, -0.15) is 0 Å². The summed E-state index contributed by atoms with van der Waals surface area (Å²) >= 11 is 0. The maximum Gasteiger partial charge on any atom is 0.137 e. The van der Waals surface area contributed by atoms with Gasteiger partial charge in [-0.25, -0.2) is 0 Å². The number of rotatable bonds is 5. The minimum atomic E-state index is 0.309. The largest absolute Gasteiger partial charge is 0.299 e. The van der Waals surface area contributed by atoms with Gasteiger partial charge in [0, 0.05) is 12.8 Å². The quantitative estimate of drug-likeness (QED) is 0.744. The first-order valence-electron chi connectivity index (χ1n) is 6.83. The van der Waals surface area contributed by atoms with Crippen LogP contribution in [-0.2, 0) is 11.2 Å². The van der Waals surface area contributed by atoms with Crippen molar-refractivity contribution in [3.8, 4) is 0 Å². The minimum Gasteiger partial charge on any atom is -0.299 e. The average Bonchev–Trinajstić information content (AvgIpc) is 2.18. The monoisotopic (exact) mass is 246 g/mol. The third kappa shape index (κ3) is 6.00. The molecule has 100 valence electrons. The molecule has 1 aromatic rings. The first-order valence-corrected chi connectivity index (χ1v) is 6.83. The van der Waals surface area contributed by atoms with Gasteiger partial charge in [0.2, 0.25) is 0 Å². The number of carbonyl (C=O) groups is 1. The zero-order valence-corrected chi connectivity index (χ0v) is 12.4. The third-order valence-electron chi connectivity index (χ3n) is 3.06. The van der Waals surface area contributed by atoms with E-state index < -0.39 is 0 Å². The number of hydrogen-bond donors (Lipinski definition) is 0. The van der Waals surface area contributed by atoms with Gasteiger partial charge in [0.15, 0.2) is 0 Å². The lowest BCUT2D eigenvalue weighted by atomic mass is 9.83. The Balaban J connectivity index is 2.44. The van der Waals surface area contributed by atoms with Crippen LogP contribution in [0.2, 0.25) is 0 Å². The molecule has 18 heavy (non-hydrogen) atoms. The Morgan fingerprint density at radius 3 is 2.22 bits per heavy atom. The van der Waals surface area contributed by atoms with Gasteiger partial charge in [-0.15, -0.1) is 0 Å². The Morgan fingerprint density at radius 2 is 1.72 bits per heavy atom. The summed E-state index contributed by atoms with van der Waals surface area (Å²) in [6.07, 6.45) is 2.38. The van der Waals surface area contributed by atoms with Gasteiger partial charge in [-0.1, -0.05) is 57.5 Å². The lowest BCUT2D eigenvalue weighted by Crippen LogP contribution is -2.15. The highest BCUT2D eigenvalue weighted by atomic mass is 16.1. The van der Waals surface area contributed by atoms with Gasteiger partial charge >= 0.3 is 0 Å². The van der Waals surface area contributed by atoms with Crippen molar-refractivity contribution in [2.75, 3.05) is 0 Å². The lowest BCUT2D eigenvalue weighted by Gasteiger charge is -2.22. The molecule has 0 aliphatic rings. The summed E-state index contributed by atoms with van der Waals surface area (Å²) in [6.45, 7) is 10.9. The molecule has 1 heteroatoms. The van der Waals surface area contributed by atoms with E-state index in [1.807, 2.05) is 0 Å². The topological polar surface area (TPSA) is 17.1 Å². The second kappa shape index (κ2) is 6.17. The van der Waals surface area contributed by atoms with Crippen LogP contribution in [-0.4, -0.2) is 5.78 Å². The van der Waals surface area contributed by atoms with E-state index in [1.165, 1.54) is 5.56 Å². The summed E-state index contributed by atoms with van der Waals surface area (Å²) in [5.74, 6) is 0.832. The second-order valence-corrected chi connectivity index (χ2v) is 6.78. The molecular weight excluding hydrogens is 220 g/mol. The number of benzene rings is 1. The van der Waals surface area contributed by atoms with E-state index in [2.05, 4.69) is 58.9 Å². The van der Waals surface area contributed by atoms with E-state index in [4.69, 9.17) is 0 Å². The Hall–Kier alpha value is -1.11. The predicted molar refractivity (Wildman–Crippen MR) is 77.7 cm³/mol. The van der Waals surface area contributed by atoms with Crippen molar-refractivity contribution in [3.63, 3.8) is 0 Å². The van der Waals surface area contributed by atoms with E-state index in [-0.39, 0.29) is 0 Å². The minimum absolute atomic E-state index is 0.309. The van der Waals surface area contributed by atoms with Gasteiger partial charge in [-0.3, -0.25) is 4.79 Å². The highest BCUT2D eigenvalue weighted by molar-refractivity contribution is 5.81. The molecule has 1 nitrogen and oxygen atoms in total. The molecule has 0 bridgehead atoms. The molecule has 0 saturated carbocycles. The van der Waals surface area contributed by atoms with Gasteiger partial charge in [-0.05, 0) is 30.2 Å². The normalized spacial score (nSPS) is 13.4. The van der Waals surface area contributed by atoms with Crippen molar-refractivity contribution in [2.45, 2.75) is 53.9 Å². The summed E-state index contributed by atoms with van der Waals surface area (Å²) in [5.41, 5.74) is 2.68. The molecule has 1 unspecified atom stereocenters. The molecule has 0 amide bonds. The zero-order chi connectivity index (χ0) is 13.8. The highest BCUT2D eigenvalue weighted by Crippen LogP contribution is 2.26. The number of aryl methyl sites for hydroxylation is 1. The summed E-state index contributed by atoms with van der Waals surface area (Å²) in [7, 11) is 0. The Morgan fingerprint density at radius 1 is 1.17 bits per heavy atom. The van der Waals surface area contributed by atoms with Crippen LogP contribution < -0.4 is 0 Å². The van der Waals surface area contributed by atoms with Gasteiger partial charge < -0.3 is 0 Å². The first-order chi connectivity index (χ1) is 8.26. The van der Waals surface area contributed by atoms with Crippen molar-refractivity contribution in [2.24, 2.45) is 11.3 Å². The van der Waals surface area contributed by atoms with Crippen molar-refractivity contribution in [1.29, 1.82) is 0 Å². The van der Waals surface area contributed by atoms with E-state index in [0.29, 0.717) is 30.0 Å². The van der Waals surface area contributed by atoms with Gasteiger partial charge in [0.1, 0.15) is 5.78 Å². The number of hydrogen-bond acceptors (Lipinski definition) is 1. The van der Waals surface area contributed by atoms with Crippen molar-refractivity contribution < 1.29 is 4.79 Å². The van der Waals surface area contributed by atoms with Crippen LogP contribution in [0.5, 0.6) is 0 Å². The van der Waals surface area contributed by atoms with Crippen LogP contribution in [0.25, 0.3) is 0 Å². The molecule has 0 aromatic heterocycles. The van der Waals surface area contributed by atoms with Crippen LogP contribution in [0.4, 0.5) is 0 Å². The third-order valence-corrected chi connectivity index (χ3v) is 3.06. The molecular formula is C17H26O. The summed E-state index contributed by atoms with van der Waals surface area (Å²) < 4.78 is 0. The highest BCUT2D eigenvalue weighted by Gasteiger charge is 2.17. The second-order valence-electron chi connectivity index (χ2n) is 6.78. The molecule has 0 saturated heterocycles. The van der Waals surface area contributed by atoms with Crippen LogP contribution in [0, 0.1) is 18.3 Å². The summed E-state index contributed by atoms with van der Waals surface area (Å²) in [4.78, 5) is 12.0. The van der Waals surface area contributed by atoms with Crippen molar-refractivity contribution in [3.05, 3.63) is 35.4 Å². The average molecular weight is 246 g/mol. The zero-order valence-electron chi connectivity index (χ0n) is 12.4. The Bertz CT molecular complexity index is 381.